The van der Waals surface area contributed by atoms with Crippen LogP contribution >= 0.6 is 12.6 Å². The van der Waals surface area contributed by atoms with Crippen molar-refractivity contribution in [1.29, 1.82) is 0 Å². The Morgan fingerprint density at radius 1 is 1.28 bits per heavy atom. The summed E-state index contributed by atoms with van der Waals surface area (Å²) in [5.74, 6) is 0.443. The first-order valence-corrected chi connectivity index (χ1v) is 7.61. The number of rotatable bonds is 5. The summed E-state index contributed by atoms with van der Waals surface area (Å²) in [6.45, 7) is 2.28. The molecule has 1 aromatic carbocycles. The van der Waals surface area contributed by atoms with Crippen molar-refractivity contribution in [2.75, 3.05) is 12.3 Å². The largest absolute Gasteiger partial charge is 0.336 e. The van der Waals surface area contributed by atoms with Gasteiger partial charge in [-0.1, -0.05) is 19.1 Å². The molecular weight excluding hydrogens is 272 g/mol. The molecule has 0 saturated heterocycles. The molecule has 0 aliphatic rings. The molecule has 0 aliphatic carbocycles. The van der Waals surface area contributed by atoms with Gasteiger partial charge in [0.2, 0.25) is 0 Å². The van der Waals surface area contributed by atoms with E-state index in [1.165, 1.54) is 12.1 Å². The minimum atomic E-state index is -3.80. The smallest absolute Gasteiger partial charge is 0.328 e. The number of nitrogens with one attached hydrogen (secondary N) is 2. The molecule has 0 bridgehead atoms. The van der Waals surface area contributed by atoms with Crippen molar-refractivity contribution in [3.8, 4) is 0 Å². The van der Waals surface area contributed by atoms with E-state index in [0.717, 1.165) is 12.0 Å². The molecule has 1 rings (SSSR count). The van der Waals surface area contributed by atoms with Crippen LogP contribution in [0.15, 0.2) is 29.2 Å². The zero-order valence-electron chi connectivity index (χ0n) is 10.0. The van der Waals surface area contributed by atoms with E-state index in [1.807, 2.05) is 11.6 Å². The van der Waals surface area contributed by atoms with Gasteiger partial charge in [0.25, 0.3) is 10.0 Å². The summed E-state index contributed by atoms with van der Waals surface area (Å²) in [6.07, 6.45) is 0.830. The second-order valence-electron chi connectivity index (χ2n) is 3.58. The predicted molar refractivity (Wildman–Crippen MR) is 73.4 cm³/mol. The standard InChI is InChI=1S/C11H16N2O3S2/c1-2-9-3-5-10(6-4-9)18(15,16)13-11(14)12-7-8-17/h3-6,17H,2,7-8H2,1H3,(H2,12,13,14). The fraction of sp³-hybridized carbons (Fsp3) is 0.364. The predicted octanol–water partition coefficient (Wildman–Crippen LogP) is 1.17. The monoisotopic (exact) mass is 288 g/mol. The van der Waals surface area contributed by atoms with Gasteiger partial charge < -0.3 is 5.32 Å². The molecule has 2 N–H and O–H groups in total. The zero-order chi connectivity index (χ0) is 13.6. The zero-order valence-corrected chi connectivity index (χ0v) is 11.7. The highest BCUT2D eigenvalue weighted by molar-refractivity contribution is 7.90. The highest BCUT2D eigenvalue weighted by atomic mass is 32.2. The van der Waals surface area contributed by atoms with Crippen LogP contribution in [0.25, 0.3) is 0 Å². The van der Waals surface area contributed by atoms with E-state index in [2.05, 4.69) is 17.9 Å². The van der Waals surface area contributed by atoms with E-state index in [9.17, 15) is 13.2 Å². The van der Waals surface area contributed by atoms with Crippen molar-refractivity contribution in [2.24, 2.45) is 0 Å². The lowest BCUT2D eigenvalue weighted by Crippen LogP contribution is -2.40. The average Bonchev–Trinajstić information content (AvgIpc) is 2.36. The van der Waals surface area contributed by atoms with Crippen molar-refractivity contribution in [3.05, 3.63) is 29.8 Å². The Hall–Kier alpha value is -1.21. The first-order chi connectivity index (χ1) is 8.49. The van der Waals surface area contributed by atoms with Gasteiger partial charge in [-0.2, -0.15) is 12.6 Å². The van der Waals surface area contributed by atoms with E-state index in [0.29, 0.717) is 12.3 Å². The Bertz CT molecular complexity index is 498. The number of benzene rings is 1. The molecular formula is C11H16N2O3S2. The van der Waals surface area contributed by atoms with Gasteiger partial charge in [0.05, 0.1) is 4.90 Å². The third kappa shape index (κ3) is 4.23. The highest BCUT2D eigenvalue weighted by Crippen LogP contribution is 2.10. The Labute approximate surface area is 112 Å². The van der Waals surface area contributed by atoms with Gasteiger partial charge in [0.15, 0.2) is 0 Å². The lowest BCUT2D eigenvalue weighted by atomic mass is 10.2. The second-order valence-corrected chi connectivity index (χ2v) is 5.71. The second kappa shape index (κ2) is 6.65. The topological polar surface area (TPSA) is 75.3 Å². The first kappa shape index (κ1) is 14.8. The van der Waals surface area contributed by atoms with Crippen LogP contribution in [-0.4, -0.2) is 26.7 Å². The van der Waals surface area contributed by atoms with Gasteiger partial charge in [-0.25, -0.2) is 17.9 Å². The Morgan fingerprint density at radius 2 is 1.89 bits per heavy atom. The van der Waals surface area contributed by atoms with Gasteiger partial charge in [-0.3, -0.25) is 0 Å². The summed E-state index contributed by atoms with van der Waals surface area (Å²) < 4.78 is 25.6. The number of urea groups is 1. The number of hydrogen-bond donors (Lipinski definition) is 3. The molecule has 0 radical (unpaired) electrons. The van der Waals surface area contributed by atoms with E-state index < -0.39 is 16.1 Å². The fourth-order valence-corrected chi connectivity index (χ4v) is 2.33. The van der Waals surface area contributed by atoms with Crippen molar-refractivity contribution in [1.82, 2.24) is 10.0 Å². The molecule has 1 aromatic rings. The molecule has 2 amide bonds. The van der Waals surface area contributed by atoms with Crippen LogP contribution in [0.3, 0.4) is 0 Å². The minimum absolute atomic E-state index is 0.0701. The fourth-order valence-electron chi connectivity index (χ4n) is 1.29. The van der Waals surface area contributed by atoms with E-state index in [1.54, 1.807) is 12.1 Å². The molecule has 7 heteroatoms. The molecule has 0 aromatic heterocycles. The number of carbonyl (C=O) groups excluding carboxylic acids is 1. The minimum Gasteiger partial charge on any atom is -0.336 e. The van der Waals surface area contributed by atoms with Crippen LogP contribution in [-0.2, 0) is 16.4 Å². The normalized spacial score (nSPS) is 11.0. The van der Waals surface area contributed by atoms with Gasteiger partial charge in [0.1, 0.15) is 0 Å². The molecule has 5 nitrogen and oxygen atoms in total. The van der Waals surface area contributed by atoms with Crippen molar-refractivity contribution < 1.29 is 13.2 Å². The number of amides is 2. The molecule has 0 aliphatic heterocycles. The lowest BCUT2D eigenvalue weighted by molar-refractivity contribution is 0.246. The van der Waals surface area contributed by atoms with Crippen LogP contribution in [0, 0.1) is 0 Å². The maximum absolute atomic E-state index is 11.8. The van der Waals surface area contributed by atoms with Crippen molar-refractivity contribution in [2.45, 2.75) is 18.2 Å². The Balaban J connectivity index is 2.76. The molecule has 0 fully saturated rings. The van der Waals surface area contributed by atoms with E-state index in [-0.39, 0.29) is 4.90 Å². The maximum Gasteiger partial charge on any atom is 0.328 e. The van der Waals surface area contributed by atoms with Crippen LogP contribution < -0.4 is 10.0 Å². The summed E-state index contributed by atoms with van der Waals surface area (Å²) in [4.78, 5) is 11.3. The van der Waals surface area contributed by atoms with Crippen LogP contribution in [0.4, 0.5) is 4.79 Å². The number of aryl methyl sites for hydroxylation is 1. The first-order valence-electron chi connectivity index (χ1n) is 5.50. The molecule has 18 heavy (non-hydrogen) atoms. The molecule has 100 valence electrons. The van der Waals surface area contributed by atoms with Crippen molar-refractivity contribution >= 4 is 28.7 Å². The number of sulfonamides is 1. The molecule has 0 heterocycles. The van der Waals surface area contributed by atoms with Gasteiger partial charge in [0, 0.05) is 12.3 Å². The third-order valence-electron chi connectivity index (χ3n) is 2.27. The third-order valence-corrected chi connectivity index (χ3v) is 3.84. The molecule has 0 spiro atoms. The van der Waals surface area contributed by atoms with E-state index in [4.69, 9.17) is 0 Å². The van der Waals surface area contributed by atoms with Crippen LogP contribution in [0.2, 0.25) is 0 Å². The molecule has 0 unspecified atom stereocenters. The summed E-state index contributed by atoms with van der Waals surface area (Å²) in [6, 6.07) is 5.66. The van der Waals surface area contributed by atoms with Gasteiger partial charge >= 0.3 is 6.03 Å². The SMILES string of the molecule is CCc1ccc(S(=O)(=O)NC(=O)NCCS)cc1. The lowest BCUT2D eigenvalue weighted by Gasteiger charge is -2.08. The van der Waals surface area contributed by atoms with Gasteiger partial charge in [-0.05, 0) is 24.1 Å². The maximum atomic E-state index is 11.8. The highest BCUT2D eigenvalue weighted by Gasteiger charge is 2.16. The average molecular weight is 288 g/mol. The summed E-state index contributed by atoms with van der Waals surface area (Å²) in [7, 11) is -3.80. The molecule has 0 saturated carbocycles. The number of carbonyl (C=O) groups is 1. The summed E-state index contributed by atoms with van der Waals surface area (Å²) in [5, 5.41) is 2.38. The number of thiol groups is 1. The van der Waals surface area contributed by atoms with E-state index >= 15 is 0 Å². The summed E-state index contributed by atoms with van der Waals surface area (Å²) >= 11 is 3.91. The van der Waals surface area contributed by atoms with Crippen molar-refractivity contribution in [3.63, 3.8) is 0 Å². The number of hydrogen-bond acceptors (Lipinski definition) is 4. The molecule has 0 atom stereocenters. The Morgan fingerprint density at radius 3 is 2.39 bits per heavy atom. The van der Waals surface area contributed by atoms with Gasteiger partial charge in [-0.15, -0.1) is 0 Å². The van der Waals surface area contributed by atoms with Crippen LogP contribution in [0.1, 0.15) is 12.5 Å². The Kier molecular flexibility index (Phi) is 5.49. The quantitative estimate of drug-likeness (QED) is 0.712. The van der Waals surface area contributed by atoms with Crippen LogP contribution in [0.5, 0.6) is 0 Å². The summed E-state index contributed by atoms with van der Waals surface area (Å²) in [5.41, 5.74) is 1.04.